The fraction of sp³-hybridized carbons (Fsp3) is 0.240. The summed E-state index contributed by atoms with van der Waals surface area (Å²) < 4.78 is 22.0. The number of rotatable bonds is 8. The van der Waals surface area contributed by atoms with Gasteiger partial charge in [0.1, 0.15) is 35.5 Å². The first-order valence-corrected chi connectivity index (χ1v) is 10.5. The highest BCUT2D eigenvalue weighted by Gasteiger charge is 2.36. The summed E-state index contributed by atoms with van der Waals surface area (Å²) in [6.07, 6.45) is 0. The second kappa shape index (κ2) is 10.4. The van der Waals surface area contributed by atoms with Crippen molar-refractivity contribution in [2.45, 2.75) is 26.4 Å². The van der Waals surface area contributed by atoms with E-state index < -0.39 is 17.8 Å². The van der Waals surface area contributed by atoms with Crippen LogP contribution in [0.5, 0.6) is 11.5 Å². The number of nitrogens with two attached hydrogens (primary N) is 2. The van der Waals surface area contributed by atoms with Crippen LogP contribution in [0.4, 0.5) is 0 Å². The number of methoxy groups -OCH3 is 1. The third-order valence-corrected chi connectivity index (χ3v) is 5.27. The highest BCUT2D eigenvalue weighted by Crippen LogP contribution is 2.41. The van der Waals surface area contributed by atoms with E-state index in [-0.39, 0.29) is 41.6 Å². The second-order valence-electron chi connectivity index (χ2n) is 7.34. The number of carbonyl (C=O) groups is 2. The molecule has 1 aliphatic heterocycles. The smallest absolute Gasteiger partial charge is 0.338 e. The molecule has 34 heavy (non-hydrogen) atoms. The first-order chi connectivity index (χ1) is 16.3. The largest absolute Gasteiger partial charge is 0.496 e. The van der Waals surface area contributed by atoms with Crippen LogP contribution in [0.1, 0.15) is 41.3 Å². The van der Waals surface area contributed by atoms with Gasteiger partial charge in [-0.05, 0) is 43.7 Å². The molecule has 0 aliphatic carbocycles. The fourth-order valence-electron chi connectivity index (χ4n) is 3.73. The molecule has 1 aliphatic rings. The van der Waals surface area contributed by atoms with Crippen LogP contribution in [-0.2, 0) is 20.9 Å². The number of carbonyl (C=O) groups excluding carboxylic acids is 2. The summed E-state index contributed by atoms with van der Waals surface area (Å²) in [4.78, 5) is 24.5. The maximum Gasteiger partial charge on any atom is 0.338 e. The number of hydrogen-bond acceptors (Lipinski definition) is 8. The van der Waals surface area contributed by atoms with Crippen molar-refractivity contribution >= 4 is 11.9 Å². The van der Waals surface area contributed by atoms with Crippen LogP contribution < -0.4 is 20.9 Å². The van der Waals surface area contributed by atoms with E-state index in [9.17, 15) is 14.9 Å². The van der Waals surface area contributed by atoms with Gasteiger partial charge in [0.2, 0.25) is 5.88 Å². The predicted octanol–water partition coefficient (Wildman–Crippen LogP) is 3.02. The number of allylic oxidation sites excluding steroid dienone is 2. The molecule has 2 aromatic rings. The Kier molecular flexibility index (Phi) is 7.43. The first-order valence-electron chi connectivity index (χ1n) is 10.5. The third kappa shape index (κ3) is 4.81. The minimum Gasteiger partial charge on any atom is -0.496 e. The van der Waals surface area contributed by atoms with Crippen molar-refractivity contribution < 1.29 is 28.5 Å². The summed E-state index contributed by atoms with van der Waals surface area (Å²) in [6.45, 7) is 3.47. The molecule has 0 saturated heterocycles. The number of nitriles is 1. The van der Waals surface area contributed by atoms with Gasteiger partial charge in [-0.25, -0.2) is 4.79 Å². The summed E-state index contributed by atoms with van der Waals surface area (Å²) in [5.74, 6) is -1.02. The fourth-order valence-corrected chi connectivity index (χ4v) is 3.73. The van der Waals surface area contributed by atoms with Crippen molar-refractivity contribution in [3.8, 4) is 17.6 Å². The number of primary amides is 1. The minimum atomic E-state index is -0.805. The minimum absolute atomic E-state index is 0.0308. The van der Waals surface area contributed by atoms with Crippen molar-refractivity contribution in [1.29, 1.82) is 5.26 Å². The Bertz CT molecular complexity index is 1230. The monoisotopic (exact) mass is 463 g/mol. The Morgan fingerprint density at radius 1 is 1.18 bits per heavy atom. The lowest BCUT2D eigenvalue weighted by Gasteiger charge is -2.27. The molecule has 1 unspecified atom stereocenters. The zero-order valence-corrected chi connectivity index (χ0v) is 19.1. The number of amides is 1. The molecule has 3 rings (SSSR count). The number of para-hydroxylation sites is 1. The van der Waals surface area contributed by atoms with Crippen molar-refractivity contribution in [3.63, 3.8) is 0 Å². The molecular formula is C25H25N3O6. The van der Waals surface area contributed by atoms with E-state index in [4.69, 9.17) is 30.4 Å². The van der Waals surface area contributed by atoms with E-state index in [2.05, 4.69) is 0 Å². The zero-order chi connectivity index (χ0) is 24.8. The molecule has 4 N–H and O–H groups in total. The molecule has 1 atom stereocenters. The van der Waals surface area contributed by atoms with Crippen LogP contribution in [0.25, 0.3) is 0 Å². The summed E-state index contributed by atoms with van der Waals surface area (Å²) >= 11 is 0. The van der Waals surface area contributed by atoms with Crippen LogP contribution in [0.15, 0.2) is 65.3 Å². The normalized spacial score (nSPS) is 15.3. The average molecular weight is 463 g/mol. The van der Waals surface area contributed by atoms with Gasteiger partial charge in [0.15, 0.2) is 0 Å². The maximum atomic E-state index is 12.8. The predicted molar refractivity (Wildman–Crippen MR) is 122 cm³/mol. The lowest BCUT2D eigenvalue weighted by molar-refractivity contribution is -0.139. The summed E-state index contributed by atoms with van der Waals surface area (Å²) in [5.41, 5.74) is 13.1. The van der Waals surface area contributed by atoms with Gasteiger partial charge in [0.05, 0.1) is 30.8 Å². The molecule has 9 nitrogen and oxygen atoms in total. The summed E-state index contributed by atoms with van der Waals surface area (Å²) in [6, 6.07) is 13.8. The molecule has 2 aromatic carbocycles. The highest BCUT2D eigenvalue weighted by atomic mass is 16.5. The summed E-state index contributed by atoms with van der Waals surface area (Å²) in [7, 11) is 1.51. The molecule has 0 bridgehead atoms. The van der Waals surface area contributed by atoms with E-state index in [0.717, 1.165) is 0 Å². The van der Waals surface area contributed by atoms with E-state index in [0.29, 0.717) is 22.6 Å². The maximum absolute atomic E-state index is 12.8. The quantitative estimate of drug-likeness (QED) is 0.568. The molecule has 9 heteroatoms. The molecular weight excluding hydrogens is 438 g/mol. The molecule has 0 spiro atoms. The van der Waals surface area contributed by atoms with E-state index >= 15 is 0 Å². The molecule has 176 valence electrons. The van der Waals surface area contributed by atoms with Crippen molar-refractivity contribution in [1.82, 2.24) is 0 Å². The lowest BCUT2D eigenvalue weighted by Crippen LogP contribution is -2.25. The number of hydrogen-bond donors (Lipinski definition) is 2. The molecule has 1 heterocycles. The van der Waals surface area contributed by atoms with Crippen LogP contribution in [-0.4, -0.2) is 25.6 Å². The average Bonchev–Trinajstić information content (AvgIpc) is 2.82. The van der Waals surface area contributed by atoms with Gasteiger partial charge in [-0.2, -0.15) is 5.26 Å². The molecule has 0 radical (unpaired) electrons. The number of benzene rings is 2. The van der Waals surface area contributed by atoms with Crippen molar-refractivity contribution in [3.05, 3.63) is 81.9 Å². The van der Waals surface area contributed by atoms with Crippen LogP contribution >= 0.6 is 0 Å². The van der Waals surface area contributed by atoms with Gasteiger partial charge in [0, 0.05) is 5.56 Å². The van der Waals surface area contributed by atoms with Gasteiger partial charge in [-0.1, -0.05) is 18.2 Å². The number of esters is 1. The lowest BCUT2D eigenvalue weighted by atomic mass is 9.82. The van der Waals surface area contributed by atoms with Crippen LogP contribution in [0, 0.1) is 11.3 Å². The van der Waals surface area contributed by atoms with Crippen molar-refractivity contribution in [2.75, 3.05) is 13.7 Å². The van der Waals surface area contributed by atoms with E-state index in [1.165, 1.54) is 7.11 Å². The van der Waals surface area contributed by atoms with Gasteiger partial charge in [-0.15, -0.1) is 0 Å². The van der Waals surface area contributed by atoms with E-state index in [1.807, 2.05) is 6.07 Å². The molecule has 0 saturated carbocycles. The molecule has 0 aromatic heterocycles. The van der Waals surface area contributed by atoms with Gasteiger partial charge in [-0.3, -0.25) is 4.79 Å². The van der Waals surface area contributed by atoms with Crippen LogP contribution in [0.3, 0.4) is 0 Å². The second-order valence-corrected chi connectivity index (χ2v) is 7.34. The Balaban J connectivity index is 2.05. The Labute approximate surface area is 197 Å². The standard InChI is InChI=1S/C25H25N3O6/c1-4-32-25(30)21-14(2)34-24(28)18(12-26)22(21)15-9-10-19(31-3)16(11-15)13-33-20-8-6-5-7-17(20)23(27)29/h5-11,22H,4,13,28H2,1-3H3,(H2,27,29). The third-order valence-electron chi connectivity index (χ3n) is 5.27. The van der Waals surface area contributed by atoms with E-state index in [1.54, 1.807) is 56.3 Å². The first kappa shape index (κ1) is 24.2. The number of nitrogens with zero attached hydrogens (tertiary/aromatic N) is 1. The van der Waals surface area contributed by atoms with Crippen LogP contribution in [0.2, 0.25) is 0 Å². The molecule has 0 fully saturated rings. The SMILES string of the molecule is CCOC(=O)C1=C(C)OC(N)=C(C#N)C1c1ccc(OC)c(COc2ccccc2C(N)=O)c1. The van der Waals surface area contributed by atoms with Gasteiger partial charge >= 0.3 is 5.97 Å². The number of ether oxygens (including phenoxy) is 4. The highest BCUT2D eigenvalue weighted by molar-refractivity contribution is 5.95. The summed E-state index contributed by atoms with van der Waals surface area (Å²) in [5, 5.41) is 9.78. The van der Waals surface area contributed by atoms with Crippen molar-refractivity contribution in [2.24, 2.45) is 11.5 Å². The molecule has 1 amide bonds. The Morgan fingerprint density at radius 2 is 1.91 bits per heavy atom. The zero-order valence-electron chi connectivity index (χ0n) is 19.1. The Hall–Kier alpha value is -4.45. The van der Waals surface area contributed by atoms with Gasteiger partial charge in [0.25, 0.3) is 5.91 Å². The Morgan fingerprint density at radius 3 is 2.56 bits per heavy atom. The topological polar surface area (TPSA) is 147 Å². The van der Waals surface area contributed by atoms with Gasteiger partial charge < -0.3 is 30.4 Å².